The van der Waals surface area contributed by atoms with E-state index in [-0.39, 0.29) is 5.54 Å². The topological polar surface area (TPSA) is 44.5 Å². The molecule has 0 saturated heterocycles. The van der Waals surface area contributed by atoms with E-state index in [0.717, 1.165) is 54.9 Å². The molecule has 0 aromatic heterocycles. The summed E-state index contributed by atoms with van der Waals surface area (Å²) >= 11 is 3.66. The first kappa shape index (κ1) is 10.2. The number of ether oxygens (including phenoxy) is 2. The Morgan fingerprint density at radius 3 is 2.35 bits per heavy atom. The second-order valence-corrected chi connectivity index (χ2v) is 5.95. The maximum Gasteiger partial charge on any atom is 0.137 e. The molecule has 1 aliphatic carbocycles. The lowest BCUT2D eigenvalue weighted by molar-refractivity contribution is 0.349. The van der Waals surface area contributed by atoms with Crippen LogP contribution in [0.3, 0.4) is 0 Å². The van der Waals surface area contributed by atoms with Crippen LogP contribution < -0.4 is 15.2 Å². The first-order valence-electron chi connectivity index (χ1n) is 6.13. The third kappa shape index (κ3) is 1.25. The highest BCUT2D eigenvalue weighted by Crippen LogP contribution is 2.56. The summed E-state index contributed by atoms with van der Waals surface area (Å²) in [7, 11) is 0. The number of hydrogen-bond donors (Lipinski definition) is 1. The lowest BCUT2D eigenvalue weighted by Gasteiger charge is -2.19. The van der Waals surface area contributed by atoms with Gasteiger partial charge in [0.1, 0.15) is 11.5 Å². The molecule has 90 valence electrons. The Hall–Kier alpha value is -0.740. The molecule has 1 aromatic rings. The van der Waals surface area contributed by atoms with Gasteiger partial charge in [0.25, 0.3) is 0 Å². The van der Waals surface area contributed by atoms with Crippen LogP contribution in [0.2, 0.25) is 0 Å². The van der Waals surface area contributed by atoms with Crippen molar-refractivity contribution in [3.63, 3.8) is 0 Å². The second kappa shape index (κ2) is 3.18. The van der Waals surface area contributed by atoms with Crippen LogP contribution in [0.4, 0.5) is 0 Å². The van der Waals surface area contributed by atoms with Crippen molar-refractivity contribution in [1.29, 1.82) is 0 Å². The summed E-state index contributed by atoms with van der Waals surface area (Å²) in [5.74, 6) is 2.06. The summed E-state index contributed by atoms with van der Waals surface area (Å²) in [6.45, 7) is 1.53. The zero-order chi connectivity index (χ0) is 11.6. The van der Waals surface area contributed by atoms with Crippen LogP contribution in [-0.2, 0) is 18.4 Å². The van der Waals surface area contributed by atoms with Crippen LogP contribution >= 0.6 is 15.9 Å². The highest BCUT2D eigenvalue weighted by atomic mass is 79.9. The molecule has 0 spiro atoms. The van der Waals surface area contributed by atoms with Gasteiger partial charge in [-0.2, -0.15) is 0 Å². The van der Waals surface area contributed by atoms with E-state index in [1.165, 1.54) is 16.7 Å². The maximum atomic E-state index is 6.41. The van der Waals surface area contributed by atoms with Crippen LogP contribution in [0.1, 0.15) is 29.5 Å². The maximum absolute atomic E-state index is 6.41. The SMILES string of the molecule is NC1(c2c3c(c(Br)c4c2OCC4)OCC3)CC1. The Morgan fingerprint density at radius 2 is 1.65 bits per heavy atom. The zero-order valence-corrected chi connectivity index (χ0v) is 11.1. The van der Waals surface area contributed by atoms with Crippen molar-refractivity contribution in [3.05, 3.63) is 21.2 Å². The number of halogens is 1. The van der Waals surface area contributed by atoms with E-state index in [9.17, 15) is 0 Å². The number of fused-ring (bicyclic) bond motifs is 2. The molecule has 0 unspecified atom stereocenters. The largest absolute Gasteiger partial charge is 0.493 e. The molecule has 0 radical (unpaired) electrons. The van der Waals surface area contributed by atoms with Crippen molar-refractivity contribution >= 4 is 15.9 Å². The molecular weight excluding hydrogens is 282 g/mol. The average Bonchev–Trinajstić information content (AvgIpc) is 2.79. The molecule has 1 aromatic carbocycles. The predicted octanol–water partition coefficient (Wildman–Crippen LogP) is 2.27. The van der Waals surface area contributed by atoms with E-state index < -0.39 is 0 Å². The van der Waals surface area contributed by atoms with Gasteiger partial charge in [0.2, 0.25) is 0 Å². The van der Waals surface area contributed by atoms with Gasteiger partial charge in [-0.05, 0) is 28.8 Å². The Balaban J connectivity index is 2.05. The van der Waals surface area contributed by atoms with E-state index in [1.807, 2.05) is 0 Å². The molecular formula is C13H14BrNO2. The molecule has 2 aliphatic heterocycles. The summed E-state index contributed by atoms with van der Waals surface area (Å²) < 4.78 is 12.7. The molecule has 3 aliphatic rings. The van der Waals surface area contributed by atoms with Gasteiger partial charge in [-0.3, -0.25) is 0 Å². The second-order valence-electron chi connectivity index (χ2n) is 5.16. The molecule has 2 heterocycles. The summed E-state index contributed by atoms with van der Waals surface area (Å²) in [4.78, 5) is 0. The minimum atomic E-state index is -0.146. The number of benzene rings is 1. The van der Waals surface area contributed by atoms with E-state index >= 15 is 0 Å². The van der Waals surface area contributed by atoms with Crippen LogP contribution in [0.15, 0.2) is 4.47 Å². The number of hydrogen-bond acceptors (Lipinski definition) is 3. The number of rotatable bonds is 1. The molecule has 0 bridgehead atoms. The molecule has 4 heteroatoms. The first-order valence-corrected chi connectivity index (χ1v) is 6.92. The normalized spacial score (nSPS) is 22.7. The molecule has 4 rings (SSSR count). The quantitative estimate of drug-likeness (QED) is 0.864. The Labute approximate surface area is 108 Å². The van der Waals surface area contributed by atoms with Gasteiger partial charge in [0.15, 0.2) is 0 Å². The van der Waals surface area contributed by atoms with Crippen LogP contribution in [0.5, 0.6) is 11.5 Å². The van der Waals surface area contributed by atoms with Crippen LogP contribution in [-0.4, -0.2) is 13.2 Å². The lowest BCUT2D eigenvalue weighted by Crippen LogP contribution is -2.21. The van der Waals surface area contributed by atoms with Gasteiger partial charge >= 0.3 is 0 Å². The van der Waals surface area contributed by atoms with Gasteiger partial charge in [-0.25, -0.2) is 0 Å². The van der Waals surface area contributed by atoms with Crippen molar-refractivity contribution < 1.29 is 9.47 Å². The summed E-state index contributed by atoms with van der Waals surface area (Å²) in [5, 5.41) is 0. The summed E-state index contributed by atoms with van der Waals surface area (Å²) in [5.41, 5.74) is 10.0. The fourth-order valence-corrected chi connectivity index (χ4v) is 3.70. The van der Waals surface area contributed by atoms with Crippen molar-refractivity contribution in [3.8, 4) is 11.5 Å². The van der Waals surface area contributed by atoms with E-state index in [0.29, 0.717) is 0 Å². The fraction of sp³-hybridized carbons (Fsp3) is 0.538. The smallest absolute Gasteiger partial charge is 0.137 e. The van der Waals surface area contributed by atoms with Crippen molar-refractivity contribution in [1.82, 2.24) is 0 Å². The molecule has 1 fully saturated rings. The highest BCUT2D eigenvalue weighted by Gasteiger charge is 2.47. The monoisotopic (exact) mass is 295 g/mol. The fourth-order valence-electron chi connectivity index (χ4n) is 2.96. The third-order valence-electron chi connectivity index (χ3n) is 4.02. The van der Waals surface area contributed by atoms with E-state index in [2.05, 4.69) is 15.9 Å². The molecule has 3 nitrogen and oxygen atoms in total. The van der Waals surface area contributed by atoms with Crippen molar-refractivity contribution in [2.24, 2.45) is 5.73 Å². The van der Waals surface area contributed by atoms with Gasteiger partial charge < -0.3 is 15.2 Å². The van der Waals surface area contributed by atoms with E-state index in [1.54, 1.807) is 0 Å². The highest BCUT2D eigenvalue weighted by molar-refractivity contribution is 9.10. The summed E-state index contributed by atoms with van der Waals surface area (Å²) in [6.07, 6.45) is 4.04. The Morgan fingerprint density at radius 1 is 1.00 bits per heavy atom. The Bertz CT molecular complexity index is 488. The van der Waals surface area contributed by atoms with Crippen LogP contribution in [0, 0.1) is 0 Å². The van der Waals surface area contributed by atoms with E-state index in [4.69, 9.17) is 15.2 Å². The van der Waals surface area contributed by atoms with Gasteiger partial charge in [0.05, 0.1) is 17.7 Å². The van der Waals surface area contributed by atoms with Crippen molar-refractivity contribution in [2.45, 2.75) is 31.2 Å². The molecule has 2 N–H and O–H groups in total. The Kier molecular flexibility index (Phi) is 1.91. The zero-order valence-electron chi connectivity index (χ0n) is 9.51. The molecule has 0 amide bonds. The minimum Gasteiger partial charge on any atom is -0.493 e. The van der Waals surface area contributed by atoms with Gasteiger partial charge in [-0.1, -0.05) is 0 Å². The van der Waals surface area contributed by atoms with Crippen LogP contribution in [0.25, 0.3) is 0 Å². The molecule has 0 atom stereocenters. The van der Waals surface area contributed by atoms with Gasteiger partial charge in [0, 0.05) is 35.1 Å². The predicted molar refractivity (Wildman–Crippen MR) is 67.6 cm³/mol. The third-order valence-corrected chi connectivity index (χ3v) is 4.86. The standard InChI is InChI=1S/C13H14BrNO2/c14-10-8-2-6-16-11(8)9(13(15)3-4-13)7-1-5-17-12(7)10/h1-6,15H2. The first-order chi connectivity index (χ1) is 8.21. The summed E-state index contributed by atoms with van der Waals surface area (Å²) in [6, 6.07) is 0. The number of nitrogens with two attached hydrogens (primary N) is 1. The minimum absolute atomic E-state index is 0.146. The van der Waals surface area contributed by atoms with Gasteiger partial charge in [-0.15, -0.1) is 0 Å². The lowest BCUT2D eigenvalue weighted by atomic mass is 9.93. The van der Waals surface area contributed by atoms with Crippen molar-refractivity contribution in [2.75, 3.05) is 13.2 Å². The molecule has 1 saturated carbocycles. The average molecular weight is 296 g/mol. The molecule has 17 heavy (non-hydrogen) atoms.